The third-order valence-electron chi connectivity index (χ3n) is 3.27. The second-order valence-electron chi connectivity index (χ2n) is 4.76. The first-order valence-corrected chi connectivity index (χ1v) is 6.24. The van der Waals surface area contributed by atoms with E-state index in [1.165, 1.54) is 15.3 Å². The highest BCUT2D eigenvalue weighted by atomic mass is 16.4. The zero-order valence-corrected chi connectivity index (χ0v) is 11.5. The van der Waals surface area contributed by atoms with E-state index in [0.717, 1.165) is 0 Å². The van der Waals surface area contributed by atoms with Gasteiger partial charge in [-0.15, -0.1) is 0 Å². The SMILES string of the molecule is Cn1ccc(-c2cc(=O)n(CC(=O)O)c3c2cnn3C)n1. The van der Waals surface area contributed by atoms with Gasteiger partial charge in [0.15, 0.2) is 0 Å². The lowest BCUT2D eigenvalue weighted by molar-refractivity contribution is -0.137. The summed E-state index contributed by atoms with van der Waals surface area (Å²) in [5.41, 5.74) is 1.36. The van der Waals surface area contributed by atoms with Gasteiger partial charge in [0.1, 0.15) is 12.2 Å². The van der Waals surface area contributed by atoms with Crippen LogP contribution in [0.4, 0.5) is 0 Å². The van der Waals surface area contributed by atoms with Crippen molar-refractivity contribution < 1.29 is 9.90 Å². The van der Waals surface area contributed by atoms with Gasteiger partial charge >= 0.3 is 5.97 Å². The van der Waals surface area contributed by atoms with Crippen molar-refractivity contribution in [1.29, 1.82) is 0 Å². The highest BCUT2D eigenvalue weighted by Gasteiger charge is 2.16. The smallest absolute Gasteiger partial charge is 0.323 e. The van der Waals surface area contributed by atoms with E-state index in [0.29, 0.717) is 22.3 Å². The standard InChI is InChI=1S/C13H13N5O3/c1-16-4-3-10(15-16)8-5-11(19)18(7-12(20)21)13-9(8)6-14-17(13)2/h3-6H,7H2,1-2H3,(H,20,21). The van der Waals surface area contributed by atoms with E-state index in [2.05, 4.69) is 10.2 Å². The van der Waals surface area contributed by atoms with Crippen LogP contribution in [0.5, 0.6) is 0 Å². The zero-order valence-electron chi connectivity index (χ0n) is 11.5. The van der Waals surface area contributed by atoms with Gasteiger partial charge in [-0.2, -0.15) is 10.2 Å². The summed E-state index contributed by atoms with van der Waals surface area (Å²) in [4.78, 5) is 23.2. The fraction of sp³-hybridized carbons (Fsp3) is 0.231. The Kier molecular flexibility index (Phi) is 2.86. The Morgan fingerprint density at radius 1 is 1.38 bits per heavy atom. The van der Waals surface area contributed by atoms with E-state index in [1.54, 1.807) is 37.2 Å². The Bertz CT molecular complexity index is 902. The summed E-state index contributed by atoms with van der Waals surface area (Å²) in [5, 5.41) is 18.1. The van der Waals surface area contributed by atoms with Crippen LogP contribution in [-0.2, 0) is 25.4 Å². The number of carbonyl (C=O) groups is 1. The van der Waals surface area contributed by atoms with Crippen molar-refractivity contribution in [3.05, 3.63) is 34.9 Å². The molecule has 0 spiro atoms. The fourth-order valence-corrected chi connectivity index (χ4v) is 2.38. The molecule has 3 heterocycles. The molecule has 8 heteroatoms. The van der Waals surface area contributed by atoms with Crippen molar-refractivity contribution in [2.45, 2.75) is 6.54 Å². The molecule has 0 fully saturated rings. The topological polar surface area (TPSA) is 94.9 Å². The van der Waals surface area contributed by atoms with Gasteiger partial charge in [-0.1, -0.05) is 0 Å². The number of rotatable bonds is 3. The molecule has 0 aliphatic carbocycles. The van der Waals surface area contributed by atoms with Crippen LogP contribution in [-0.4, -0.2) is 35.2 Å². The Labute approximate surface area is 118 Å². The number of hydrogen-bond acceptors (Lipinski definition) is 4. The van der Waals surface area contributed by atoms with E-state index in [-0.39, 0.29) is 0 Å². The van der Waals surface area contributed by atoms with Crippen LogP contribution in [0.15, 0.2) is 29.3 Å². The fourth-order valence-electron chi connectivity index (χ4n) is 2.38. The van der Waals surface area contributed by atoms with Crippen molar-refractivity contribution in [3.8, 4) is 11.3 Å². The predicted octanol–water partition coefficient (Wildman–Crippen LogP) is 0.220. The van der Waals surface area contributed by atoms with E-state index < -0.39 is 18.1 Å². The summed E-state index contributed by atoms with van der Waals surface area (Å²) in [6, 6.07) is 3.19. The number of hydrogen-bond donors (Lipinski definition) is 1. The quantitative estimate of drug-likeness (QED) is 0.743. The number of carboxylic acids is 1. The first kappa shape index (κ1) is 13.1. The highest BCUT2D eigenvalue weighted by molar-refractivity contribution is 5.92. The van der Waals surface area contributed by atoms with Gasteiger partial charge in [-0.05, 0) is 6.07 Å². The molecule has 0 amide bonds. The maximum Gasteiger partial charge on any atom is 0.323 e. The monoisotopic (exact) mass is 287 g/mol. The average molecular weight is 287 g/mol. The van der Waals surface area contributed by atoms with Crippen molar-refractivity contribution in [1.82, 2.24) is 24.1 Å². The molecule has 0 aliphatic rings. The third kappa shape index (κ3) is 2.10. The number of nitrogens with zero attached hydrogens (tertiary/aromatic N) is 5. The van der Waals surface area contributed by atoms with Crippen LogP contribution >= 0.6 is 0 Å². The van der Waals surface area contributed by atoms with E-state index in [9.17, 15) is 9.59 Å². The number of aromatic nitrogens is 5. The second kappa shape index (κ2) is 4.58. The second-order valence-corrected chi connectivity index (χ2v) is 4.76. The van der Waals surface area contributed by atoms with E-state index in [4.69, 9.17) is 5.11 Å². The summed E-state index contributed by atoms with van der Waals surface area (Å²) in [6.45, 7) is -0.405. The van der Waals surface area contributed by atoms with Crippen LogP contribution in [0.1, 0.15) is 0 Å². The molecule has 0 radical (unpaired) electrons. The molecular weight excluding hydrogens is 274 g/mol. The first-order chi connectivity index (χ1) is 9.97. The number of carboxylic acid groups (broad SMARTS) is 1. The lowest BCUT2D eigenvalue weighted by Gasteiger charge is -2.08. The maximum absolute atomic E-state index is 12.2. The number of pyridine rings is 1. The van der Waals surface area contributed by atoms with Gasteiger partial charge in [0.2, 0.25) is 0 Å². The minimum Gasteiger partial charge on any atom is -0.480 e. The Morgan fingerprint density at radius 2 is 2.14 bits per heavy atom. The molecule has 0 unspecified atom stereocenters. The first-order valence-electron chi connectivity index (χ1n) is 6.24. The molecule has 0 saturated heterocycles. The Morgan fingerprint density at radius 3 is 2.76 bits per heavy atom. The molecule has 0 bridgehead atoms. The van der Waals surface area contributed by atoms with Crippen molar-refractivity contribution in [2.24, 2.45) is 14.1 Å². The van der Waals surface area contributed by atoms with Gasteiger partial charge in [0, 0.05) is 37.3 Å². The molecule has 1 N–H and O–H groups in total. The molecule has 0 aromatic carbocycles. The molecule has 21 heavy (non-hydrogen) atoms. The van der Waals surface area contributed by atoms with Gasteiger partial charge in [-0.25, -0.2) is 0 Å². The number of fused-ring (bicyclic) bond motifs is 1. The Hall–Kier alpha value is -2.90. The third-order valence-corrected chi connectivity index (χ3v) is 3.27. The normalized spacial score (nSPS) is 11.1. The minimum atomic E-state index is -1.08. The molecule has 3 rings (SSSR count). The van der Waals surface area contributed by atoms with E-state index in [1.807, 2.05) is 0 Å². The number of aliphatic carboxylic acids is 1. The summed E-state index contributed by atoms with van der Waals surface area (Å²) in [7, 11) is 3.46. The summed E-state index contributed by atoms with van der Waals surface area (Å²) < 4.78 is 4.32. The van der Waals surface area contributed by atoms with Crippen molar-refractivity contribution in [2.75, 3.05) is 0 Å². The average Bonchev–Trinajstić information content (AvgIpc) is 2.99. The molecule has 8 nitrogen and oxygen atoms in total. The van der Waals surface area contributed by atoms with Crippen LogP contribution in [0, 0.1) is 0 Å². The molecule has 3 aromatic rings. The van der Waals surface area contributed by atoms with Gasteiger partial charge in [0.25, 0.3) is 5.56 Å². The largest absolute Gasteiger partial charge is 0.480 e. The summed E-state index contributed by atoms with van der Waals surface area (Å²) in [5.74, 6) is -1.08. The lowest BCUT2D eigenvalue weighted by Crippen LogP contribution is -2.25. The predicted molar refractivity (Wildman–Crippen MR) is 74.8 cm³/mol. The van der Waals surface area contributed by atoms with E-state index >= 15 is 0 Å². The molecule has 0 saturated carbocycles. The summed E-state index contributed by atoms with van der Waals surface area (Å²) >= 11 is 0. The van der Waals surface area contributed by atoms with Gasteiger partial charge in [-0.3, -0.25) is 23.5 Å². The minimum absolute atomic E-state index is 0.394. The maximum atomic E-state index is 12.2. The Balaban J connectivity index is 2.35. The molecule has 108 valence electrons. The molecule has 0 aliphatic heterocycles. The van der Waals surface area contributed by atoms with Crippen LogP contribution in [0.2, 0.25) is 0 Å². The molecule has 3 aromatic heterocycles. The zero-order chi connectivity index (χ0) is 15.1. The van der Waals surface area contributed by atoms with Crippen molar-refractivity contribution >= 4 is 17.0 Å². The van der Waals surface area contributed by atoms with Crippen molar-refractivity contribution in [3.63, 3.8) is 0 Å². The van der Waals surface area contributed by atoms with Crippen LogP contribution in [0.3, 0.4) is 0 Å². The number of aryl methyl sites for hydroxylation is 2. The van der Waals surface area contributed by atoms with Gasteiger partial charge < -0.3 is 5.11 Å². The van der Waals surface area contributed by atoms with Crippen LogP contribution in [0.25, 0.3) is 22.3 Å². The van der Waals surface area contributed by atoms with Gasteiger partial charge in [0.05, 0.1) is 11.9 Å². The molecular formula is C13H13N5O3. The highest BCUT2D eigenvalue weighted by Crippen LogP contribution is 2.25. The summed E-state index contributed by atoms with van der Waals surface area (Å²) in [6.07, 6.45) is 3.39. The molecule has 0 atom stereocenters. The lowest BCUT2D eigenvalue weighted by atomic mass is 10.1. The van der Waals surface area contributed by atoms with Crippen LogP contribution < -0.4 is 5.56 Å².